The quantitative estimate of drug-likeness (QED) is 0.131. The molecule has 0 aliphatic heterocycles. The summed E-state index contributed by atoms with van der Waals surface area (Å²) < 4.78 is 10.5. The number of hydrogen-bond acceptors (Lipinski definition) is 4. The first-order valence-electron chi connectivity index (χ1n) is 12.9. The van der Waals surface area contributed by atoms with E-state index in [1.54, 1.807) is 0 Å². The molecule has 0 aromatic rings. The summed E-state index contributed by atoms with van der Waals surface area (Å²) in [4.78, 5) is 23.3. The zero-order chi connectivity index (χ0) is 22.3. The molecular formula is C26H50O4. The summed E-state index contributed by atoms with van der Waals surface area (Å²) in [5.74, 6) is 0.205. The maximum atomic E-state index is 11.7. The van der Waals surface area contributed by atoms with Gasteiger partial charge in [-0.25, -0.2) is 0 Å². The summed E-state index contributed by atoms with van der Waals surface area (Å²) in [7, 11) is 0. The van der Waals surface area contributed by atoms with Gasteiger partial charge in [0.1, 0.15) is 0 Å². The Morgan fingerprint density at radius 2 is 1.03 bits per heavy atom. The van der Waals surface area contributed by atoms with Crippen LogP contribution in [0.4, 0.5) is 0 Å². The highest BCUT2D eigenvalue weighted by Crippen LogP contribution is 2.12. The van der Waals surface area contributed by atoms with Crippen LogP contribution in [0, 0.1) is 5.92 Å². The van der Waals surface area contributed by atoms with Crippen molar-refractivity contribution in [3.8, 4) is 0 Å². The molecule has 0 aromatic carbocycles. The third-order valence-electron chi connectivity index (χ3n) is 5.75. The van der Waals surface area contributed by atoms with Gasteiger partial charge in [-0.3, -0.25) is 9.59 Å². The third-order valence-corrected chi connectivity index (χ3v) is 5.75. The van der Waals surface area contributed by atoms with E-state index >= 15 is 0 Å². The molecule has 0 aromatic heterocycles. The lowest BCUT2D eigenvalue weighted by Gasteiger charge is -2.09. The lowest BCUT2D eigenvalue weighted by molar-refractivity contribution is -0.145. The largest absolute Gasteiger partial charge is 0.466 e. The Morgan fingerprint density at radius 1 is 0.600 bits per heavy atom. The number of ether oxygens (including phenoxy) is 2. The van der Waals surface area contributed by atoms with Gasteiger partial charge in [-0.1, -0.05) is 104 Å². The minimum atomic E-state index is -0.121. The molecule has 0 aliphatic carbocycles. The van der Waals surface area contributed by atoms with Crippen molar-refractivity contribution in [1.82, 2.24) is 0 Å². The first-order chi connectivity index (χ1) is 14.6. The van der Waals surface area contributed by atoms with Gasteiger partial charge in [-0.2, -0.15) is 0 Å². The number of hydrogen-bond donors (Lipinski definition) is 0. The molecule has 30 heavy (non-hydrogen) atoms. The Kier molecular flexibility index (Phi) is 21.8. The number of carbonyl (C=O) groups excluding carboxylic acids is 2. The number of unbranched alkanes of at least 4 members (excludes halogenated alkanes) is 13. The highest BCUT2D eigenvalue weighted by atomic mass is 16.5. The molecule has 0 heterocycles. The van der Waals surface area contributed by atoms with E-state index in [9.17, 15) is 9.59 Å². The van der Waals surface area contributed by atoms with Crippen LogP contribution in [0.3, 0.4) is 0 Å². The average molecular weight is 427 g/mol. The second kappa shape index (κ2) is 22.6. The molecule has 4 heteroatoms. The summed E-state index contributed by atoms with van der Waals surface area (Å²) in [6, 6.07) is 0. The van der Waals surface area contributed by atoms with Crippen LogP contribution < -0.4 is 0 Å². The lowest BCUT2D eigenvalue weighted by atomic mass is 10.1. The summed E-state index contributed by atoms with van der Waals surface area (Å²) in [6.45, 7) is 7.50. The van der Waals surface area contributed by atoms with E-state index in [1.165, 1.54) is 64.2 Å². The van der Waals surface area contributed by atoms with Gasteiger partial charge >= 0.3 is 11.9 Å². The average Bonchev–Trinajstić information content (AvgIpc) is 2.74. The molecule has 0 radical (unpaired) electrons. The maximum absolute atomic E-state index is 11.7. The molecule has 0 fully saturated rings. The molecule has 0 saturated heterocycles. The van der Waals surface area contributed by atoms with E-state index in [2.05, 4.69) is 20.8 Å². The smallest absolute Gasteiger partial charge is 0.305 e. The van der Waals surface area contributed by atoms with Crippen molar-refractivity contribution in [1.29, 1.82) is 0 Å². The van der Waals surface area contributed by atoms with Crippen LogP contribution in [0.2, 0.25) is 0 Å². The Morgan fingerprint density at radius 3 is 1.53 bits per heavy atom. The van der Waals surface area contributed by atoms with Crippen LogP contribution in [0.5, 0.6) is 0 Å². The highest BCUT2D eigenvalue weighted by molar-refractivity contribution is 5.69. The first kappa shape index (κ1) is 28.9. The van der Waals surface area contributed by atoms with E-state index in [4.69, 9.17) is 9.47 Å². The predicted molar refractivity (Wildman–Crippen MR) is 126 cm³/mol. The van der Waals surface area contributed by atoms with Crippen molar-refractivity contribution in [3.63, 3.8) is 0 Å². The molecule has 0 N–H and O–H groups in total. The van der Waals surface area contributed by atoms with Crippen LogP contribution in [-0.4, -0.2) is 25.2 Å². The third kappa shape index (κ3) is 21.6. The maximum Gasteiger partial charge on any atom is 0.305 e. The Bertz CT molecular complexity index is 394. The van der Waals surface area contributed by atoms with Crippen molar-refractivity contribution in [2.45, 2.75) is 136 Å². The number of rotatable bonds is 22. The Hall–Kier alpha value is -1.06. The second-order valence-electron chi connectivity index (χ2n) is 8.87. The van der Waals surface area contributed by atoms with Gasteiger partial charge < -0.3 is 9.47 Å². The van der Waals surface area contributed by atoms with Crippen molar-refractivity contribution in [2.75, 3.05) is 13.2 Å². The van der Waals surface area contributed by atoms with Gasteiger partial charge in [0.25, 0.3) is 0 Å². The van der Waals surface area contributed by atoms with Gasteiger partial charge in [-0.15, -0.1) is 0 Å². The van der Waals surface area contributed by atoms with Crippen molar-refractivity contribution in [2.24, 2.45) is 5.92 Å². The van der Waals surface area contributed by atoms with Crippen LogP contribution in [0.1, 0.15) is 136 Å². The van der Waals surface area contributed by atoms with Gasteiger partial charge in [0.2, 0.25) is 0 Å². The Balaban J connectivity index is 3.28. The molecule has 0 rings (SSSR count). The zero-order valence-electron chi connectivity index (χ0n) is 20.4. The lowest BCUT2D eigenvalue weighted by Crippen LogP contribution is -2.11. The monoisotopic (exact) mass is 426 g/mol. The molecule has 1 unspecified atom stereocenters. The van der Waals surface area contributed by atoms with E-state index in [-0.39, 0.29) is 11.9 Å². The summed E-state index contributed by atoms with van der Waals surface area (Å²) in [6.07, 6.45) is 20.1. The fraction of sp³-hybridized carbons (Fsp3) is 0.923. The Labute approximate surface area is 186 Å². The van der Waals surface area contributed by atoms with Crippen LogP contribution in [0.15, 0.2) is 0 Å². The van der Waals surface area contributed by atoms with Crippen LogP contribution >= 0.6 is 0 Å². The SMILES string of the molecule is CCCCCCCCCCCCCCOC(=O)CCCCCC(=O)OCC(C)CC. The minimum Gasteiger partial charge on any atom is -0.466 e. The minimum absolute atomic E-state index is 0.0996. The fourth-order valence-corrected chi connectivity index (χ4v) is 3.34. The summed E-state index contributed by atoms with van der Waals surface area (Å²) in [5.41, 5.74) is 0. The van der Waals surface area contributed by atoms with Gasteiger partial charge in [0, 0.05) is 12.8 Å². The second-order valence-corrected chi connectivity index (χ2v) is 8.87. The number of carbonyl (C=O) groups is 2. The highest BCUT2D eigenvalue weighted by Gasteiger charge is 2.07. The zero-order valence-corrected chi connectivity index (χ0v) is 20.4. The van der Waals surface area contributed by atoms with Crippen molar-refractivity contribution < 1.29 is 19.1 Å². The van der Waals surface area contributed by atoms with Crippen LogP contribution in [0.25, 0.3) is 0 Å². The van der Waals surface area contributed by atoms with E-state index in [1.807, 2.05) is 0 Å². The van der Waals surface area contributed by atoms with Gasteiger partial charge in [0.15, 0.2) is 0 Å². The summed E-state index contributed by atoms with van der Waals surface area (Å²) >= 11 is 0. The van der Waals surface area contributed by atoms with Crippen molar-refractivity contribution >= 4 is 11.9 Å². The fourth-order valence-electron chi connectivity index (χ4n) is 3.34. The molecule has 0 saturated carbocycles. The molecular weight excluding hydrogens is 376 g/mol. The molecule has 4 nitrogen and oxygen atoms in total. The molecule has 0 amide bonds. The van der Waals surface area contributed by atoms with Crippen LogP contribution in [-0.2, 0) is 19.1 Å². The standard InChI is InChI=1S/C26H50O4/c1-4-6-7-8-9-10-11-12-13-14-15-19-22-29-25(27)20-17-16-18-21-26(28)30-23-24(3)5-2/h24H,4-23H2,1-3H3. The summed E-state index contributed by atoms with van der Waals surface area (Å²) in [5, 5.41) is 0. The molecule has 1 atom stereocenters. The predicted octanol–water partition coefficient (Wildman–Crippen LogP) is 7.77. The van der Waals surface area contributed by atoms with Gasteiger partial charge in [-0.05, 0) is 25.2 Å². The molecule has 0 bridgehead atoms. The normalized spacial score (nSPS) is 12.0. The number of esters is 2. The van der Waals surface area contributed by atoms with E-state index < -0.39 is 0 Å². The topological polar surface area (TPSA) is 52.6 Å². The molecule has 0 aliphatic rings. The molecule has 0 spiro atoms. The molecule has 178 valence electrons. The van der Waals surface area contributed by atoms with Gasteiger partial charge in [0.05, 0.1) is 13.2 Å². The van der Waals surface area contributed by atoms with Crippen molar-refractivity contribution in [3.05, 3.63) is 0 Å². The van der Waals surface area contributed by atoms with E-state index in [0.29, 0.717) is 32.0 Å². The van der Waals surface area contributed by atoms with E-state index in [0.717, 1.165) is 38.5 Å². The first-order valence-corrected chi connectivity index (χ1v) is 12.9.